The van der Waals surface area contributed by atoms with Gasteiger partial charge in [-0.3, -0.25) is 14.9 Å². The maximum atomic E-state index is 12.1. The summed E-state index contributed by atoms with van der Waals surface area (Å²) in [6, 6.07) is 12.2. The minimum Gasteiger partial charge on any atom is -0.472 e. The number of H-pyrrole nitrogens is 2. The van der Waals surface area contributed by atoms with Crippen LogP contribution >= 0.6 is 0 Å². The van der Waals surface area contributed by atoms with Crippen molar-refractivity contribution in [3.05, 3.63) is 78.1 Å². The highest BCUT2D eigenvalue weighted by atomic mass is 16.3. The van der Waals surface area contributed by atoms with E-state index in [1.54, 1.807) is 24.9 Å². The van der Waals surface area contributed by atoms with Crippen molar-refractivity contribution in [2.45, 2.75) is 51.9 Å². The minimum atomic E-state index is -0.402. The largest absolute Gasteiger partial charge is 0.472 e. The molecule has 0 bridgehead atoms. The van der Waals surface area contributed by atoms with Crippen LogP contribution in [0.1, 0.15) is 56.9 Å². The fourth-order valence-electron chi connectivity index (χ4n) is 5.08. The zero-order chi connectivity index (χ0) is 26.7. The quantitative estimate of drug-likeness (QED) is 0.154. The number of fused-ring (bicyclic) bond motifs is 1. The third kappa shape index (κ3) is 4.65. The van der Waals surface area contributed by atoms with E-state index in [2.05, 4.69) is 51.5 Å². The molecule has 0 saturated carbocycles. The molecule has 4 aromatic heterocycles. The maximum Gasteiger partial charge on any atom is 0.224 e. The number of nitrogens with zero attached hydrogens (tertiary/aromatic N) is 2. The zero-order valence-corrected chi connectivity index (χ0v) is 21.9. The van der Waals surface area contributed by atoms with Crippen molar-refractivity contribution < 1.29 is 9.21 Å². The number of benzene rings is 1. The van der Waals surface area contributed by atoms with Gasteiger partial charge in [-0.1, -0.05) is 26.8 Å². The Kier molecular flexibility index (Phi) is 6.96. The number of aromatic amines is 2. The number of amides is 1. The van der Waals surface area contributed by atoms with Crippen molar-refractivity contribution in [1.29, 1.82) is 5.41 Å². The van der Waals surface area contributed by atoms with E-state index < -0.39 is 5.41 Å². The number of carbonyl (C=O) groups excluding carboxylic acids is 1. The summed E-state index contributed by atoms with van der Waals surface area (Å²) in [7, 11) is 0. The lowest BCUT2D eigenvalue weighted by atomic mass is 9.74. The number of hydrogen-bond donors (Lipinski definition) is 4. The third-order valence-electron chi connectivity index (χ3n) is 7.17. The average Bonchev–Trinajstić information content (AvgIpc) is 3.68. The number of aryl methyl sites for hydroxylation is 1. The molecular weight excluding hydrogens is 476 g/mol. The summed E-state index contributed by atoms with van der Waals surface area (Å²) in [5.41, 5.74) is 8.11. The lowest BCUT2D eigenvalue weighted by Crippen LogP contribution is -2.24. The average molecular weight is 509 g/mol. The molecule has 0 fully saturated rings. The van der Waals surface area contributed by atoms with Gasteiger partial charge < -0.3 is 20.1 Å². The standard InChI is InChI=1S/C30H32N6O2/c1-4-6-28(37)33-22-13-20(16-32-17-22)19-7-8-26-23(14-19)29(36-35-26)27-15-24(25(5-2)34-27)30(3,10-11-31)21-9-12-38-18-21/h7-9,11-18,31,34H,4-6,10H2,1-3H3,(H,33,37)(H,35,36). The van der Waals surface area contributed by atoms with Gasteiger partial charge in [0, 0.05) is 40.2 Å². The Labute approximate surface area is 221 Å². The predicted octanol–water partition coefficient (Wildman–Crippen LogP) is 6.86. The number of aromatic nitrogens is 4. The number of rotatable bonds is 10. The van der Waals surface area contributed by atoms with Crippen LogP contribution in [0, 0.1) is 5.41 Å². The van der Waals surface area contributed by atoms with Gasteiger partial charge in [0.2, 0.25) is 5.91 Å². The van der Waals surface area contributed by atoms with Gasteiger partial charge >= 0.3 is 0 Å². The van der Waals surface area contributed by atoms with Crippen LogP contribution < -0.4 is 5.32 Å². The summed E-state index contributed by atoms with van der Waals surface area (Å²) in [5.74, 6) is -0.0151. The van der Waals surface area contributed by atoms with E-state index in [0.29, 0.717) is 18.5 Å². The van der Waals surface area contributed by atoms with Gasteiger partial charge in [0.15, 0.2) is 0 Å². The van der Waals surface area contributed by atoms with Gasteiger partial charge in [0.1, 0.15) is 5.69 Å². The molecule has 5 aromatic rings. The number of hydrogen-bond acceptors (Lipinski definition) is 5. The summed E-state index contributed by atoms with van der Waals surface area (Å²) >= 11 is 0. The first-order valence-corrected chi connectivity index (χ1v) is 12.9. The first kappa shape index (κ1) is 25.2. The highest BCUT2D eigenvalue weighted by Crippen LogP contribution is 2.40. The Balaban J connectivity index is 1.55. The molecule has 0 saturated heterocycles. The molecule has 0 aliphatic heterocycles. The summed E-state index contributed by atoms with van der Waals surface area (Å²) < 4.78 is 5.40. The van der Waals surface area contributed by atoms with Crippen molar-refractivity contribution in [1.82, 2.24) is 20.2 Å². The van der Waals surface area contributed by atoms with Crippen molar-refractivity contribution >= 4 is 28.7 Å². The molecule has 194 valence electrons. The topological polar surface area (TPSA) is 123 Å². The molecule has 4 N–H and O–H groups in total. The van der Waals surface area contributed by atoms with Gasteiger partial charge in [-0.15, -0.1) is 0 Å². The molecule has 1 amide bonds. The first-order valence-electron chi connectivity index (χ1n) is 12.9. The van der Waals surface area contributed by atoms with Crippen LogP contribution in [0.5, 0.6) is 0 Å². The molecule has 38 heavy (non-hydrogen) atoms. The highest BCUT2D eigenvalue weighted by molar-refractivity contribution is 5.96. The number of pyridine rings is 1. The molecule has 1 unspecified atom stereocenters. The number of furan rings is 1. The first-order chi connectivity index (χ1) is 18.5. The Bertz CT molecular complexity index is 1580. The van der Waals surface area contributed by atoms with E-state index in [-0.39, 0.29) is 5.91 Å². The second-order valence-corrected chi connectivity index (χ2v) is 9.77. The smallest absolute Gasteiger partial charge is 0.224 e. The van der Waals surface area contributed by atoms with E-state index >= 15 is 0 Å². The van der Waals surface area contributed by atoms with Crippen LogP contribution in [0.25, 0.3) is 33.4 Å². The van der Waals surface area contributed by atoms with E-state index in [1.807, 2.05) is 31.2 Å². The van der Waals surface area contributed by atoms with Gasteiger partial charge in [0.05, 0.1) is 35.6 Å². The van der Waals surface area contributed by atoms with Gasteiger partial charge in [-0.05, 0) is 66.9 Å². The van der Waals surface area contributed by atoms with E-state index in [9.17, 15) is 4.79 Å². The third-order valence-corrected chi connectivity index (χ3v) is 7.17. The predicted molar refractivity (Wildman–Crippen MR) is 151 cm³/mol. The maximum absolute atomic E-state index is 12.1. The Morgan fingerprint density at radius 1 is 1.16 bits per heavy atom. The lowest BCUT2D eigenvalue weighted by Gasteiger charge is -2.27. The van der Waals surface area contributed by atoms with E-state index in [1.165, 1.54) is 6.21 Å². The SMILES string of the molecule is CCCC(=O)Nc1cncc(-c2ccc3[nH]nc(-c4cc(C(C)(CC=N)c5ccoc5)c(CC)[nH]4)c3c2)c1. The minimum absolute atomic E-state index is 0.0151. The summed E-state index contributed by atoms with van der Waals surface area (Å²) in [5, 5.41) is 19.6. The molecule has 8 nitrogen and oxygen atoms in total. The van der Waals surface area contributed by atoms with Crippen molar-refractivity contribution in [2.75, 3.05) is 5.32 Å². The summed E-state index contributed by atoms with van der Waals surface area (Å²) in [6.45, 7) is 6.25. The molecule has 5 rings (SSSR count). The van der Waals surface area contributed by atoms with Crippen LogP contribution in [-0.4, -0.2) is 32.3 Å². The van der Waals surface area contributed by atoms with Gasteiger partial charge in [0.25, 0.3) is 0 Å². The second kappa shape index (κ2) is 10.5. The second-order valence-electron chi connectivity index (χ2n) is 9.77. The molecule has 0 aliphatic rings. The summed E-state index contributed by atoms with van der Waals surface area (Å²) in [6.07, 6.45) is 11.0. The van der Waals surface area contributed by atoms with Crippen LogP contribution in [0.15, 0.2) is 65.7 Å². The van der Waals surface area contributed by atoms with Crippen LogP contribution in [-0.2, 0) is 16.6 Å². The molecule has 1 atom stereocenters. The Morgan fingerprint density at radius 3 is 2.76 bits per heavy atom. The molecule has 1 aromatic carbocycles. The van der Waals surface area contributed by atoms with Crippen molar-refractivity contribution in [3.8, 4) is 22.5 Å². The van der Waals surface area contributed by atoms with Gasteiger partial charge in [-0.2, -0.15) is 5.10 Å². The van der Waals surface area contributed by atoms with Crippen LogP contribution in [0.3, 0.4) is 0 Å². The number of nitrogens with one attached hydrogen (secondary N) is 4. The lowest BCUT2D eigenvalue weighted by molar-refractivity contribution is -0.116. The molecule has 0 aliphatic carbocycles. The van der Waals surface area contributed by atoms with E-state index in [4.69, 9.17) is 9.83 Å². The van der Waals surface area contributed by atoms with Crippen LogP contribution in [0.2, 0.25) is 0 Å². The molecule has 0 spiro atoms. The van der Waals surface area contributed by atoms with Crippen molar-refractivity contribution in [3.63, 3.8) is 0 Å². The normalized spacial score (nSPS) is 12.9. The monoisotopic (exact) mass is 508 g/mol. The number of carbonyl (C=O) groups is 1. The van der Waals surface area contributed by atoms with E-state index in [0.717, 1.165) is 63.1 Å². The Hall–Kier alpha value is -4.46. The fourth-order valence-corrected chi connectivity index (χ4v) is 5.08. The fraction of sp³-hybridized carbons (Fsp3) is 0.267. The number of anilines is 1. The highest BCUT2D eigenvalue weighted by Gasteiger charge is 2.33. The molecular formula is C30H32N6O2. The van der Waals surface area contributed by atoms with Crippen molar-refractivity contribution in [2.24, 2.45) is 0 Å². The molecule has 4 heterocycles. The Morgan fingerprint density at radius 2 is 2.03 bits per heavy atom. The van der Waals surface area contributed by atoms with Gasteiger partial charge in [-0.25, -0.2) is 0 Å². The zero-order valence-electron chi connectivity index (χ0n) is 21.9. The van der Waals surface area contributed by atoms with Crippen LogP contribution in [0.4, 0.5) is 5.69 Å². The molecule has 0 radical (unpaired) electrons. The molecule has 8 heteroatoms. The summed E-state index contributed by atoms with van der Waals surface area (Å²) in [4.78, 5) is 20.0.